The Bertz CT molecular complexity index is 807. The molecule has 2 aromatic rings. The molecule has 160 valence electrons. The second-order valence-corrected chi connectivity index (χ2v) is 8.80. The maximum Gasteiger partial charge on any atom is 1.00 e. The average Bonchev–Trinajstić information content (AvgIpc) is 2.70. The van der Waals surface area contributed by atoms with Gasteiger partial charge in [-0.3, -0.25) is 4.79 Å². The fourth-order valence-corrected chi connectivity index (χ4v) is 3.64. The Morgan fingerprint density at radius 1 is 0.900 bits per heavy atom. The van der Waals surface area contributed by atoms with Gasteiger partial charge in [0, 0.05) is 11.4 Å². The molecule has 0 amide bonds. The smallest absolute Gasteiger partial charge is 1.00 e. The summed E-state index contributed by atoms with van der Waals surface area (Å²) in [6, 6.07) is 11.0. The molecule has 1 unspecified atom stereocenters. The Hall–Kier alpha value is -1.66. The summed E-state index contributed by atoms with van der Waals surface area (Å²) in [6.07, 6.45) is 0. The van der Waals surface area contributed by atoms with Crippen molar-refractivity contribution in [3.63, 3.8) is 0 Å². The summed E-state index contributed by atoms with van der Waals surface area (Å²) in [5.41, 5.74) is 0.385. The van der Waals surface area contributed by atoms with Gasteiger partial charge in [0.15, 0.2) is 5.52 Å². The van der Waals surface area contributed by atoms with Gasteiger partial charge in [0.2, 0.25) is 0 Å². The SMILES string of the molecule is COc1cccc(OC)c1C(=O)Pc1ccc(OCC(C)C)cc1OCC(C)C.[H-].[Li+]. The molecule has 5 nitrogen and oxygen atoms in total. The maximum atomic E-state index is 13.1. The minimum atomic E-state index is -0.129. The molecule has 0 aliphatic rings. The van der Waals surface area contributed by atoms with Crippen molar-refractivity contribution in [2.45, 2.75) is 27.7 Å². The zero-order valence-corrected chi connectivity index (χ0v) is 20.1. The zero-order valence-electron chi connectivity index (χ0n) is 20.1. The van der Waals surface area contributed by atoms with Crippen molar-refractivity contribution in [3.05, 3.63) is 42.0 Å². The molecule has 1 atom stereocenters. The van der Waals surface area contributed by atoms with E-state index in [0.717, 1.165) is 11.1 Å². The number of ether oxygens (including phenoxy) is 4. The minimum absolute atomic E-state index is 0. The number of hydrogen-bond donors (Lipinski definition) is 0. The van der Waals surface area contributed by atoms with Gasteiger partial charge in [-0.05, 0) is 44.7 Å². The number of hydrogen-bond acceptors (Lipinski definition) is 5. The Morgan fingerprint density at radius 3 is 2.00 bits per heavy atom. The van der Waals surface area contributed by atoms with Crippen molar-refractivity contribution in [2.75, 3.05) is 27.4 Å². The van der Waals surface area contributed by atoms with Crippen LogP contribution in [0.25, 0.3) is 0 Å². The topological polar surface area (TPSA) is 54.0 Å². The molecule has 0 aliphatic carbocycles. The predicted octanol–water partition coefficient (Wildman–Crippen LogP) is 2.03. The monoisotopic (exact) mass is 426 g/mol. The standard InChI is InChI=1S/C23H31O5P.Li.H/c1-15(2)13-27-17-10-11-21(20(12-17)28-14-16(3)4)29-23(24)22-18(25-5)8-7-9-19(22)26-6;;/h7-12,15-16,29H,13-14H2,1-6H3;;/q;+1;-1. The number of methoxy groups -OCH3 is 2. The van der Waals surface area contributed by atoms with Crippen LogP contribution in [0, 0.1) is 11.8 Å². The Balaban J connectivity index is 0.00000450. The van der Waals surface area contributed by atoms with E-state index in [0.29, 0.717) is 47.9 Å². The molecular formula is C23H32LiO5P. The quantitative estimate of drug-likeness (QED) is 0.407. The van der Waals surface area contributed by atoms with E-state index in [9.17, 15) is 4.79 Å². The first kappa shape index (κ1) is 26.4. The fourth-order valence-electron chi connectivity index (χ4n) is 2.59. The molecule has 0 spiro atoms. The number of rotatable bonds is 11. The van der Waals surface area contributed by atoms with Crippen molar-refractivity contribution in [2.24, 2.45) is 11.8 Å². The van der Waals surface area contributed by atoms with Gasteiger partial charge in [-0.2, -0.15) is 0 Å². The molecular weight excluding hydrogens is 394 g/mol. The van der Waals surface area contributed by atoms with Crippen LogP contribution in [0.15, 0.2) is 36.4 Å². The van der Waals surface area contributed by atoms with Crippen molar-refractivity contribution in [1.82, 2.24) is 0 Å². The first-order valence-electron chi connectivity index (χ1n) is 9.77. The number of carbonyl (C=O) groups excluding carboxylic acids is 1. The van der Waals surface area contributed by atoms with E-state index in [1.165, 1.54) is 0 Å². The van der Waals surface area contributed by atoms with Crippen LogP contribution in [0.1, 0.15) is 39.5 Å². The summed E-state index contributed by atoms with van der Waals surface area (Å²) in [7, 11) is 2.97. The molecule has 0 radical (unpaired) electrons. The van der Waals surface area contributed by atoms with Gasteiger partial charge in [-0.15, -0.1) is 0 Å². The van der Waals surface area contributed by atoms with Gasteiger partial charge < -0.3 is 20.4 Å². The van der Waals surface area contributed by atoms with E-state index < -0.39 is 0 Å². The average molecular weight is 426 g/mol. The van der Waals surface area contributed by atoms with Crippen LogP contribution in [0.2, 0.25) is 0 Å². The maximum absolute atomic E-state index is 13.1. The van der Waals surface area contributed by atoms with Crippen LogP contribution >= 0.6 is 8.58 Å². The second-order valence-electron chi connectivity index (χ2n) is 7.56. The van der Waals surface area contributed by atoms with Crippen LogP contribution in [0.5, 0.6) is 23.0 Å². The van der Waals surface area contributed by atoms with E-state index in [-0.39, 0.29) is 34.4 Å². The first-order valence-corrected chi connectivity index (χ1v) is 10.8. The summed E-state index contributed by atoms with van der Waals surface area (Å²) in [4.78, 5) is 13.1. The molecule has 7 heteroatoms. The second kappa shape index (κ2) is 12.9. The molecule has 0 saturated heterocycles. The van der Waals surface area contributed by atoms with Crippen LogP contribution in [0.3, 0.4) is 0 Å². The molecule has 2 aromatic carbocycles. The molecule has 30 heavy (non-hydrogen) atoms. The van der Waals surface area contributed by atoms with Crippen molar-refractivity contribution >= 4 is 19.4 Å². The summed E-state index contributed by atoms with van der Waals surface area (Å²) >= 11 is 0. The summed E-state index contributed by atoms with van der Waals surface area (Å²) < 4.78 is 22.6. The van der Waals surface area contributed by atoms with Gasteiger partial charge in [-0.1, -0.05) is 33.8 Å². The minimum Gasteiger partial charge on any atom is -1.00 e. The molecule has 0 aromatic heterocycles. The van der Waals surface area contributed by atoms with E-state index >= 15 is 0 Å². The molecule has 0 bridgehead atoms. The largest absolute Gasteiger partial charge is 1.00 e. The zero-order chi connectivity index (χ0) is 21.4. The normalized spacial score (nSPS) is 10.9. The Morgan fingerprint density at radius 2 is 1.47 bits per heavy atom. The Labute approximate surface area is 195 Å². The molecule has 0 aliphatic heterocycles. The predicted molar refractivity (Wildman–Crippen MR) is 120 cm³/mol. The van der Waals surface area contributed by atoms with Crippen LogP contribution in [-0.2, 0) is 0 Å². The van der Waals surface area contributed by atoms with Crippen molar-refractivity contribution < 1.29 is 44.0 Å². The third kappa shape index (κ3) is 7.55. The molecule has 0 heterocycles. The summed E-state index contributed by atoms with van der Waals surface area (Å²) in [5.74, 6) is 3.23. The molecule has 2 rings (SSSR count). The van der Waals surface area contributed by atoms with Gasteiger partial charge in [0.25, 0.3) is 0 Å². The van der Waals surface area contributed by atoms with Crippen LogP contribution < -0.4 is 43.1 Å². The fraction of sp³-hybridized carbons (Fsp3) is 0.435. The first-order chi connectivity index (χ1) is 13.8. The Kier molecular flexibility index (Phi) is 11.3. The van der Waals surface area contributed by atoms with Gasteiger partial charge in [-0.25, -0.2) is 0 Å². The van der Waals surface area contributed by atoms with Gasteiger partial charge in [0.05, 0.1) is 27.4 Å². The number of benzene rings is 2. The van der Waals surface area contributed by atoms with E-state index in [4.69, 9.17) is 18.9 Å². The molecule has 0 N–H and O–H groups in total. The van der Waals surface area contributed by atoms with Crippen LogP contribution in [-0.4, -0.2) is 33.0 Å². The third-order valence-electron chi connectivity index (χ3n) is 4.01. The van der Waals surface area contributed by atoms with Gasteiger partial charge in [0.1, 0.15) is 28.6 Å². The summed E-state index contributed by atoms with van der Waals surface area (Å²) in [5, 5.41) is 0.834. The molecule has 0 saturated carbocycles. The van der Waals surface area contributed by atoms with E-state index in [2.05, 4.69) is 27.7 Å². The number of carbonyl (C=O) groups is 1. The third-order valence-corrected chi connectivity index (χ3v) is 5.17. The van der Waals surface area contributed by atoms with Crippen molar-refractivity contribution in [1.29, 1.82) is 0 Å². The van der Waals surface area contributed by atoms with Crippen molar-refractivity contribution in [3.8, 4) is 23.0 Å². The van der Waals surface area contributed by atoms with E-state index in [1.807, 2.05) is 18.2 Å². The summed E-state index contributed by atoms with van der Waals surface area (Å²) in [6.45, 7) is 9.58. The van der Waals surface area contributed by atoms with E-state index in [1.54, 1.807) is 32.4 Å². The van der Waals surface area contributed by atoms with Gasteiger partial charge >= 0.3 is 18.9 Å². The molecule has 0 fully saturated rings. The van der Waals surface area contributed by atoms with Crippen LogP contribution in [0.4, 0.5) is 0 Å².